The van der Waals surface area contributed by atoms with Gasteiger partial charge in [0.15, 0.2) is 14.1 Å². The summed E-state index contributed by atoms with van der Waals surface area (Å²) >= 11 is 0. The maximum absolute atomic E-state index is 11.7. The van der Waals surface area contributed by atoms with Crippen LogP contribution in [0, 0.1) is 6.92 Å². The summed E-state index contributed by atoms with van der Waals surface area (Å²) in [6, 6.07) is 3.68. The highest BCUT2D eigenvalue weighted by Gasteiger charge is 2.64. The van der Waals surface area contributed by atoms with Crippen molar-refractivity contribution in [2.45, 2.75) is 89.6 Å². The normalized spacial score (nSPS) is 31.4. The lowest BCUT2D eigenvalue weighted by molar-refractivity contribution is -0.285. The maximum atomic E-state index is 11.7. The Balaban J connectivity index is 1.68. The molecule has 0 amide bonds. The molecule has 2 fully saturated rings. The molecule has 0 aromatic carbocycles. The molecule has 1 unspecified atom stereocenters. The van der Waals surface area contributed by atoms with E-state index in [1.807, 2.05) is 26.8 Å². The average molecular weight is 436 g/mol. The van der Waals surface area contributed by atoms with E-state index in [1.165, 1.54) is 6.33 Å². The van der Waals surface area contributed by atoms with E-state index in [2.05, 4.69) is 43.9 Å². The third-order valence-corrected chi connectivity index (χ3v) is 11.1. The fourth-order valence-electron chi connectivity index (χ4n) is 3.90. The van der Waals surface area contributed by atoms with E-state index in [9.17, 15) is 5.11 Å². The van der Waals surface area contributed by atoms with Crippen molar-refractivity contribution in [1.29, 1.82) is 0 Å². The smallest absolute Gasteiger partial charge is 0.240 e. The Bertz CT molecular complexity index is 954. The van der Waals surface area contributed by atoms with Crippen molar-refractivity contribution in [2.75, 3.05) is 6.61 Å². The van der Waals surface area contributed by atoms with Crippen LogP contribution >= 0.6 is 0 Å². The molecule has 0 spiro atoms. The quantitative estimate of drug-likeness (QED) is 0.738. The summed E-state index contributed by atoms with van der Waals surface area (Å²) in [5.41, 5.74) is 2.12. The minimum atomic E-state index is -2.00. The molecule has 2 aromatic rings. The summed E-state index contributed by atoms with van der Waals surface area (Å²) in [5.74, 6) is -2.55. The lowest BCUT2D eigenvalue weighted by atomic mass is 10.0. The zero-order valence-corrected chi connectivity index (χ0v) is 20.1. The number of hydrogen-bond acceptors (Lipinski definition) is 7. The van der Waals surface area contributed by atoms with Gasteiger partial charge in [-0.1, -0.05) is 20.8 Å². The molecule has 0 saturated carbocycles. The van der Waals surface area contributed by atoms with Crippen molar-refractivity contribution in [1.82, 2.24) is 14.6 Å². The minimum Gasteiger partial charge on any atom is -0.414 e. The second kappa shape index (κ2) is 6.82. The molecule has 4 atom stereocenters. The van der Waals surface area contributed by atoms with E-state index in [0.717, 1.165) is 11.2 Å². The lowest BCUT2D eigenvalue weighted by Gasteiger charge is -2.37. The second-order valence-electron chi connectivity index (χ2n) is 10.3. The molecule has 2 aromatic heterocycles. The van der Waals surface area contributed by atoms with Crippen molar-refractivity contribution in [3.05, 3.63) is 29.8 Å². The maximum Gasteiger partial charge on any atom is 0.240 e. The van der Waals surface area contributed by atoms with Crippen LogP contribution < -0.4 is 0 Å². The van der Waals surface area contributed by atoms with Crippen molar-refractivity contribution in [3.63, 3.8) is 0 Å². The molecule has 166 valence electrons. The van der Waals surface area contributed by atoms with Gasteiger partial charge in [0.25, 0.3) is 0 Å². The lowest BCUT2D eigenvalue weighted by Crippen LogP contribution is -2.44. The first-order valence-corrected chi connectivity index (χ1v) is 13.4. The topological polar surface area (TPSA) is 87.3 Å². The third-order valence-electron chi connectivity index (χ3n) is 6.64. The summed E-state index contributed by atoms with van der Waals surface area (Å²) < 4.78 is 26.6. The number of hydrogen-bond donors (Lipinski definition) is 1. The van der Waals surface area contributed by atoms with Gasteiger partial charge in [-0.15, -0.1) is 0 Å². The standard InChI is InChI=1S/C21H33N3O5Si/c1-13-14-9-10-16(24(14)23-12-22-13)21(25)18-17(28-20(5,6)29-18)15(27-21)11-26-30(7,8)19(2,3)4/h9-10,12,15,17-18,25H,11H2,1-8H3/t15-,17-,18-,21?/m1/s1. The highest BCUT2D eigenvalue weighted by atomic mass is 28.4. The predicted molar refractivity (Wildman–Crippen MR) is 113 cm³/mol. The van der Waals surface area contributed by atoms with Crippen LogP contribution in [0.5, 0.6) is 0 Å². The molecule has 2 aliphatic heterocycles. The zero-order valence-electron chi connectivity index (χ0n) is 19.1. The Morgan fingerprint density at radius 2 is 1.90 bits per heavy atom. The van der Waals surface area contributed by atoms with Gasteiger partial charge in [-0.05, 0) is 51.0 Å². The van der Waals surface area contributed by atoms with Gasteiger partial charge in [-0.2, -0.15) is 5.10 Å². The van der Waals surface area contributed by atoms with E-state index in [1.54, 1.807) is 10.6 Å². The first-order valence-electron chi connectivity index (χ1n) is 10.4. The largest absolute Gasteiger partial charge is 0.414 e. The zero-order chi connectivity index (χ0) is 22.1. The molecule has 2 aliphatic rings. The number of fused-ring (bicyclic) bond motifs is 2. The molecular weight excluding hydrogens is 402 g/mol. The van der Waals surface area contributed by atoms with Crippen LogP contribution in [0.3, 0.4) is 0 Å². The fourth-order valence-corrected chi connectivity index (χ4v) is 4.91. The van der Waals surface area contributed by atoms with Crippen LogP contribution in [-0.4, -0.2) is 58.7 Å². The van der Waals surface area contributed by atoms with Gasteiger partial charge in [-0.25, -0.2) is 9.50 Å². The molecule has 9 heteroatoms. The molecule has 4 rings (SSSR count). The summed E-state index contributed by atoms with van der Waals surface area (Å²) in [6.07, 6.45) is -0.156. The number of nitrogens with zero attached hydrogens (tertiary/aromatic N) is 3. The van der Waals surface area contributed by atoms with E-state index in [4.69, 9.17) is 18.6 Å². The molecule has 1 N–H and O–H groups in total. The number of rotatable bonds is 4. The van der Waals surface area contributed by atoms with E-state index in [-0.39, 0.29) is 5.04 Å². The van der Waals surface area contributed by atoms with Crippen molar-refractivity contribution in [3.8, 4) is 0 Å². The molecule has 0 bridgehead atoms. The summed E-state index contributed by atoms with van der Waals surface area (Å²) in [4.78, 5) is 4.23. The van der Waals surface area contributed by atoms with Gasteiger partial charge in [0.05, 0.1) is 17.8 Å². The Hall–Kier alpha value is -1.36. The molecule has 4 heterocycles. The highest BCUT2D eigenvalue weighted by Crippen LogP contribution is 2.48. The fraction of sp³-hybridized carbons (Fsp3) is 0.714. The number of aryl methyl sites for hydroxylation is 1. The number of ether oxygens (including phenoxy) is 3. The van der Waals surface area contributed by atoms with Crippen LogP contribution in [0.4, 0.5) is 0 Å². The summed E-state index contributed by atoms with van der Waals surface area (Å²) in [5, 5.41) is 16.1. The van der Waals surface area contributed by atoms with Gasteiger partial charge in [0, 0.05) is 0 Å². The van der Waals surface area contributed by atoms with Crippen LogP contribution in [0.25, 0.3) is 5.52 Å². The van der Waals surface area contributed by atoms with Crippen molar-refractivity contribution < 1.29 is 23.7 Å². The first-order chi connectivity index (χ1) is 13.8. The Labute approximate surface area is 178 Å². The molecule has 30 heavy (non-hydrogen) atoms. The van der Waals surface area contributed by atoms with Crippen LogP contribution in [0.15, 0.2) is 18.5 Å². The number of aromatic nitrogens is 3. The minimum absolute atomic E-state index is 0.0692. The van der Waals surface area contributed by atoms with Crippen LogP contribution in [0.1, 0.15) is 46.0 Å². The monoisotopic (exact) mass is 435 g/mol. The van der Waals surface area contributed by atoms with Gasteiger partial charge >= 0.3 is 0 Å². The Morgan fingerprint density at radius 3 is 2.57 bits per heavy atom. The Kier molecular flexibility index (Phi) is 4.97. The van der Waals surface area contributed by atoms with Crippen LogP contribution in [-0.2, 0) is 24.4 Å². The first kappa shape index (κ1) is 21.9. The summed E-state index contributed by atoms with van der Waals surface area (Å²) in [6.45, 7) is 16.9. The van der Waals surface area contributed by atoms with Gasteiger partial charge in [0.1, 0.15) is 30.3 Å². The SMILES string of the molecule is Cc1ncnn2c(C3(O)O[C@H](CO[Si](C)(C)C(C)(C)C)[C@H]4OC(C)(C)O[C@H]43)ccc12. The van der Waals surface area contributed by atoms with Gasteiger partial charge in [-0.3, -0.25) is 0 Å². The predicted octanol–water partition coefficient (Wildman–Crippen LogP) is 3.12. The molecule has 0 aliphatic carbocycles. The van der Waals surface area contributed by atoms with E-state index < -0.39 is 38.2 Å². The molecule has 8 nitrogen and oxygen atoms in total. The van der Waals surface area contributed by atoms with E-state index in [0.29, 0.717) is 12.3 Å². The summed E-state index contributed by atoms with van der Waals surface area (Å²) in [7, 11) is -2.00. The average Bonchev–Trinajstić information content (AvgIpc) is 3.25. The van der Waals surface area contributed by atoms with Crippen molar-refractivity contribution in [2.24, 2.45) is 0 Å². The molecular formula is C21H33N3O5Si. The van der Waals surface area contributed by atoms with E-state index >= 15 is 0 Å². The molecule has 0 radical (unpaired) electrons. The Morgan fingerprint density at radius 1 is 1.20 bits per heavy atom. The van der Waals surface area contributed by atoms with Gasteiger partial charge in [0.2, 0.25) is 5.79 Å². The third kappa shape index (κ3) is 3.41. The van der Waals surface area contributed by atoms with Crippen molar-refractivity contribution >= 4 is 13.8 Å². The second-order valence-corrected chi connectivity index (χ2v) is 15.1. The van der Waals surface area contributed by atoms with Crippen LogP contribution in [0.2, 0.25) is 18.1 Å². The number of aliphatic hydroxyl groups is 1. The highest BCUT2D eigenvalue weighted by molar-refractivity contribution is 6.74. The van der Waals surface area contributed by atoms with Gasteiger partial charge < -0.3 is 23.7 Å². The molecule has 2 saturated heterocycles.